The Hall–Kier alpha value is -0.300. The maximum absolute atomic E-state index is 3.49. The highest BCUT2D eigenvalue weighted by Gasteiger charge is 1.95. The van der Waals surface area contributed by atoms with Gasteiger partial charge in [-0.3, -0.25) is 0 Å². The SMILES string of the molecule is CCCCCCCCc1[c]ccc(Br)c1. The zero-order chi connectivity index (χ0) is 10.9. The van der Waals surface area contributed by atoms with E-state index in [1.807, 2.05) is 12.1 Å². The maximum Gasteiger partial charge on any atom is 0.0178 e. The van der Waals surface area contributed by atoms with Crippen LogP contribution in [0.15, 0.2) is 22.7 Å². The Balaban J connectivity index is 2.10. The predicted molar refractivity (Wildman–Crippen MR) is 70.1 cm³/mol. The first-order valence-corrected chi connectivity index (χ1v) is 6.78. The Morgan fingerprint density at radius 2 is 1.87 bits per heavy atom. The molecule has 0 bridgehead atoms. The lowest BCUT2D eigenvalue weighted by Crippen LogP contribution is -1.86. The summed E-state index contributed by atoms with van der Waals surface area (Å²) in [5.74, 6) is 0. The molecule has 1 heteroatoms. The number of rotatable bonds is 7. The van der Waals surface area contributed by atoms with E-state index in [-0.39, 0.29) is 0 Å². The van der Waals surface area contributed by atoms with Crippen LogP contribution in [-0.2, 0) is 6.42 Å². The van der Waals surface area contributed by atoms with Gasteiger partial charge in [0.2, 0.25) is 0 Å². The van der Waals surface area contributed by atoms with Gasteiger partial charge in [0.05, 0.1) is 0 Å². The molecule has 0 saturated carbocycles. The largest absolute Gasteiger partial charge is 0.0654 e. The lowest BCUT2D eigenvalue weighted by atomic mass is 10.1. The van der Waals surface area contributed by atoms with Crippen LogP contribution >= 0.6 is 15.9 Å². The summed E-state index contributed by atoms with van der Waals surface area (Å²) in [4.78, 5) is 0. The number of aryl methyl sites for hydroxylation is 1. The topological polar surface area (TPSA) is 0 Å². The van der Waals surface area contributed by atoms with Gasteiger partial charge in [-0.15, -0.1) is 0 Å². The molecule has 0 unspecified atom stereocenters. The molecule has 15 heavy (non-hydrogen) atoms. The molecule has 1 radical (unpaired) electrons. The molecule has 0 saturated heterocycles. The zero-order valence-electron chi connectivity index (χ0n) is 9.56. The first-order chi connectivity index (χ1) is 7.33. The predicted octanol–water partition coefficient (Wildman–Crippen LogP) is 5.15. The molecule has 0 fully saturated rings. The summed E-state index contributed by atoms with van der Waals surface area (Å²) in [5.41, 5.74) is 1.33. The second-order valence-electron chi connectivity index (χ2n) is 4.05. The summed E-state index contributed by atoms with van der Waals surface area (Å²) in [6.45, 7) is 2.26. The van der Waals surface area contributed by atoms with E-state index in [9.17, 15) is 0 Å². The number of halogens is 1. The first kappa shape index (κ1) is 12.8. The molecule has 1 aromatic carbocycles. The van der Waals surface area contributed by atoms with Gasteiger partial charge in [-0.2, -0.15) is 0 Å². The van der Waals surface area contributed by atoms with Crippen molar-refractivity contribution in [3.05, 3.63) is 34.3 Å². The second kappa shape index (κ2) is 7.92. The van der Waals surface area contributed by atoms with E-state index in [2.05, 4.69) is 35.0 Å². The fraction of sp³-hybridized carbons (Fsp3) is 0.571. The van der Waals surface area contributed by atoms with Gasteiger partial charge in [0.15, 0.2) is 0 Å². The molecule has 0 heterocycles. The van der Waals surface area contributed by atoms with E-state index in [1.165, 1.54) is 55.0 Å². The molecular weight excluding hydrogens is 248 g/mol. The van der Waals surface area contributed by atoms with Gasteiger partial charge in [0.25, 0.3) is 0 Å². The van der Waals surface area contributed by atoms with Crippen LogP contribution in [0, 0.1) is 6.07 Å². The molecule has 0 amide bonds. The zero-order valence-corrected chi connectivity index (χ0v) is 11.1. The summed E-state index contributed by atoms with van der Waals surface area (Å²) in [5, 5.41) is 0. The van der Waals surface area contributed by atoms with Crippen molar-refractivity contribution in [1.82, 2.24) is 0 Å². The lowest BCUT2D eigenvalue weighted by molar-refractivity contribution is 0.607. The standard InChI is InChI=1S/C14H20Br/c1-2-3-4-5-6-7-9-13-10-8-11-14(15)12-13/h8,11-12H,2-7,9H2,1H3. The minimum Gasteiger partial charge on any atom is -0.0654 e. The van der Waals surface area contributed by atoms with Crippen molar-refractivity contribution in [3.63, 3.8) is 0 Å². The van der Waals surface area contributed by atoms with E-state index in [1.54, 1.807) is 0 Å². The van der Waals surface area contributed by atoms with E-state index < -0.39 is 0 Å². The van der Waals surface area contributed by atoms with Crippen LogP contribution in [0.25, 0.3) is 0 Å². The van der Waals surface area contributed by atoms with Gasteiger partial charge >= 0.3 is 0 Å². The molecule has 1 aromatic rings. The lowest BCUT2D eigenvalue weighted by Gasteiger charge is -2.02. The normalized spacial score (nSPS) is 10.5. The molecular formula is C14H20Br. The van der Waals surface area contributed by atoms with Gasteiger partial charge in [-0.05, 0) is 36.6 Å². The fourth-order valence-electron chi connectivity index (χ4n) is 1.72. The molecule has 0 N–H and O–H groups in total. The Bertz CT molecular complexity index is 268. The number of benzene rings is 1. The Kier molecular flexibility index (Phi) is 6.74. The smallest absolute Gasteiger partial charge is 0.0178 e. The van der Waals surface area contributed by atoms with Crippen LogP contribution in [0.4, 0.5) is 0 Å². The Morgan fingerprint density at radius 1 is 1.13 bits per heavy atom. The van der Waals surface area contributed by atoms with Crippen LogP contribution in [0.5, 0.6) is 0 Å². The average molecular weight is 268 g/mol. The summed E-state index contributed by atoms with van der Waals surface area (Å²) < 4.78 is 1.17. The third kappa shape index (κ3) is 5.99. The fourth-order valence-corrected chi connectivity index (χ4v) is 2.13. The van der Waals surface area contributed by atoms with E-state index in [0.717, 1.165) is 0 Å². The Morgan fingerprint density at radius 3 is 2.60 bits per heavy atom. The Labute approximate surface area is 102 Å². The van der Waals surface area contributed by atoms with Gasteiger partial charge in [0, 0.05) is 4.47 Å². The van der Waals surface area contributed by atoms with Crippen molar-refractivity contribution >= 4 is 15.9 Å². The van der Waals surface area contributed by atoms with Crippen molar-refractivity contribution in [2.75, 3.05) is 0 Å². The van der Waals surface area contributed by atoms with Crippen LogP contribution in [0.1, 0.15) is 51.0 Å². The molecule has 0 aliphatic heterocycles. The van der Waals surface area contributed by atoms with Crippen molar-refractivity contribution < 1.29 is 0 Å². The number of unbranched alkanes of at least 4 members (excludes halogenated alkanes) is 5. The van der Waals surface area contributed by atoms with Crippen LogP contribution in [0.3, 0.4) is 0 Å². The minimum absolute atomic E-state index is 1.17. The highest BCUT2D eigenvalue weighted by molar-refractivity contribution is 9.10. The van der Waals surface area contributed by atoms with Crippen molar-refractivity contribution in [2.45, 2.75) is 51.9 Å². The number of hydrogen-bond acceptors (Lipinski definition) is 0. The van der Waals surface area contributed by atoms with Gasteiger partial charge in [0.1, 0.15) is 0 Å². The summed E-state index contributed by atoms with van der Waals surface area (Å²) in [6, 6.07) is 9.48. The molecule has 0 aliphatic carbocycles. The average Bonchev–Trinajstić information content (AvgIpc) is 2.23. The van der Waals surface area contributed by atoms with Crippen LogP contribution < -0.4 is 0 Å². The maximum atomic E-state index is 3.49. The second-order valence-corrected chi connectivity index (χ2v) is 4.97. The van der Waals surface area contributed by atoms with E-state index in [4.69, 9.17) is 0 Å². The summed E-state index contributed by atoms with van der Waals surface area (Å²) >= 11 is 3.49. The van der Waals surface area contributed by atoms with Gasteiger partial charge in [-0.25, -0.2) is 0 Å². The molecule has 0 spiro atoms. The molecule has 0 nitrogen and oxygen atoms in total. The minimum atomic E-state index is 1.17. The van der Waals surface area contributed by atoms with Gasteiger partial charge < -0.3 is 0 Å². The van der Waals surface area contributed by atoms with Gasteiger partial charge in [-0.1, -0.05) is 61.0 Å². The third-order valence-electron chi connectivity index (χ3n) is 2.62. The monoisotopic (exact) mass is 267 g/mol. The highest BCUT2D eigenvalue weighted by Crippen LogP contribution is 2.14. The van der Waals surface area contributed by atoms with Crippen molar-refractivity contribution in [2.24, 2.45) is 0 Å². The third-order valence-corrected chi connectivity index (χ3v) is 3.12. The van der Waals surface area contributed by atoms with E-state index in [0.29, 0.717) is 0 Å². The highest BCUT2D eigenvalue weighted by atomic mass is 79.9. The molecule has 0 aliphatic rings. The quantitative estimate of drug-likeness (QED) is 0.600. The number of hydrogen-bond donors (Lipinski definition) is 0. The molecule has 1 rings (SSSR count). The summed E-state index contributed by atoms with van der Waals surface area (Å²) in [7, 11) is 0. The van der Waals surface area contributed by atoms with Crippen LogP contribution in [0.2, 0.25) is 0 Å². The van der Waals surface area contributed by atoms with E-state index >= 15 is 0 Å². The van der Waals surface area contributed by atoms with Crippen molar-refractivity contribution in [3.8, 4) is 0 Å². The molecule has 0 aromatic heterocycles. The summed E-state index contributed by atoms with van der Waals surface area (Å²) in [6.07, 6.45) is 9.35. The molecule has 0 atom stereocenters. The van der Waals surface area contributed by atoms with Crippen molar-refractivity contribution in [1.29, 1.82) is 0 Å². The first-order valence-electron chi connectivity index (χ1n) is 5.99. The molecule has 83 valence electrons. The van der Waals surface area contributed by atoms with Crippen LogP contribution in [-0.4, -0.2) is 0 Å².